The molecule has 1 rings (SSSR count). The minimum absolute atomic E-state index is 1.01. The molecule has 15 heavy (non-hydrogen) atoms. The molecule has 0 nitrogen and oxygen atoms in total. The van der Waals surface area contributed by atoms with Crippen molar-refractivity contribution in [1.82, 2.24) is 0 Å². The second-order valence-corrected chi connectivity index (χ2v) is 3.61. The van der Waals surface area contributed by atoms with Gasteiger partial charge in [0.15, 0.2) is 0 Å². The Kier molecular flexibility index (Phi) is 4.11. The van der Waals surface area contributed by atoms with Gasteiger partial charge in [0.1, 0.15) is 0 Å². The minimum atomic E-state index is 1.01. The quantitative estimate of drug-likeness (QED) is 0.583. The number of hydrogen-bond donors (Lipinski definition) is 0. The average Bonchev–Trinajstić information content (AvgIpc) is 2.53. The lowest BCUT2D eigenvalue weighted by Crippen LogP contribution is -1.81. The minimum Gasteiger partial charge on any atom is -0.0991 e. The van der Waals surface area contributed by atoms with Crippen molar-refractivity contribution < 1.29 is 0 Å². The molecule has 0 aromatic rings. The van der Waals surface area contributed by atoms with E-state index in [0.29, 0.717) is 0 Å². The van der Waals surface area contributed by atoms with Crippen molar-refractivity contribution >= 4 is 0 Å². The van der Waals surface area contributed by atoms with Crippen LogP contribution in [0.3, 0.4) is 0 Å². The third kappa shape index (κ3) is 2.47. The Morgan fingerprint density at radius 1 is 1.13 bits per heavy atom. The van der Waals surface area contributed by atoms with E-state index >= 15 is 0 Å². The fraction of sp³-hybridized carbons (Fsp3) is 0.200. The first-order valence-electron chi connectivity index (χ1n) is 5.22. The predicted molar refractivity (Wildman–Crippen MR) is 68.7 cm³/mol. The maximum Gasteiger partial charge on any atom is -0.00547 e. The van der Waals surface area contributed by atoms with Gasteiger partial charge in [0, 0.05) is 0 Å². The van der Waals surface area contributed by atoms with Gasteiger partial charge in [-0.3, -0.25) is 0 Å². The second kappa shape index (κ2) is 5.35. The molecule has 0 aliphatic heterocycles. The molecule has 0 radical (unpaired) electrons. The van der Waals surface area contributed by atoms with Crippen LogP contribution in [0.4, 0.5) is 0 Å². The molecule has 1 aliphatic carbocycles. The molecule has 0 heteroatoms. The van der Waals surface area contributed by atoms with Gasteiger partial charge in [-0.15, -0.1) is 0 Å². The largest absolute Gasteiger partial charge is 0.0991 e. The summed E-state index contributed by atoms with van der Waals surface area (Å²) < 4.78 is 0. The molecule has 1 aliphatic rings. The van der Waals surface area contributed by atoms with Crippen molar-refractivity contribution in [2.45, 2.75) is 20.3 Å². The van der Waals surface area contributed by atoms with E-state index in [2.05, 4.69) is 38.3 Å². The van der Waals surface area contributed by atoms with Crippen molar-refractivity contribution in [3.8, 4) is 0 Å². The molecular formula is C15H18. The highest BCUT2D eigenvalue weighted by molar-refractivity contribution is 5.59. The Morgan fingerprint density at radius 3 is 2.40 bits per heavy atom. The summed E-state index contributed by atoms with van der Waals surface area (Å²) in [5.74, 6) is 0. The fourth-order valence-electron chi connectivity index (χ4n) is 1.82. The van der Waals surface area contributed by atoms with Gasteiger partial charge in [0.25, 0.3) is 0 Å². The van der Waals surface area contributed by atoms with Crippen LogP contribution < -0.4 is 0 Å². The third-order valence-corrected chi connectivity index (χ3v) is 2.53. The summed E-state index contributed by atoms with van der Waals surface area (Å²) in [6, 6.07) is 0. The monoisotopic (exact) mass is 198 g/mol. The van der Waals surface area contributed by atoms with Gasteiger partial charge in [-0.2, -0.15) is 0 Å². The molecule has 0 aromatic heterocycles. The molecule has 0 saturated heterocycles. The van der Waals surface area contributed by atoms with Crippen molar-refractivity contribution in [3.63, 3.8) is 0 Å². The lowest BCUT2D eigenvalue weighted by Gasteiger charge is -2.00. The summed E-state index contributed by atoms with van der Waals surface area (Å²) >= 11 is 0. The maximum absolute atomic E-state index is 3.86. The van der Waals surface area contributed by atoms with E-state index in [0.717, 1.165) is 6.42 Å². The van der Waals surface area contributed by atoms with Crippen molar-refractivity contribution in [2.75, 3.05) is 0 Å². The van der Waals surface area contributed by atoms with Gasteiger partial charge in [-0.05, 0) is 37.0 Å². The van der Waals surface area contributed by atoms with Crippen LogP contribution in [0.2, 0.25) is 0 Å². The molecule has 0 spiro atoms. The first kappa shape index (κ1) is 11.5. The molecule has 0 bridgehead atoms. The van der Waals surface area contributed by atoms with E-state index in [1.54, 1.807) is 6.08 Å². The van der Waals surface area contributed by atoms with Gasteiger partial charge < -0.3 is 0 Å². The molecule has 0 fully saturated rings. The highest BCUT2D eigenvalue weighted by Crippen LogP contribution is 2.34. The smallest absolute Gasteiger partial charge is 0.00547 e. The summed E-state index contributed by atoms with van der Waals surface area (Å²) in [5.41, 5.74) is 5.32. The Hall–Kier alpha value is -1.56. The fourth-order valence-corrected chi connectivity index (χ4v) is 1.82. The van der Waals surface area contributed by atoms with Crippen molar-refractivity contribution in [1.29, 1.82) is 0 Å². The highest BCUT2D eigenvalue weighted by Gasteiger charge is 2.15. The summed E-state index contributed by atoms with van der Waals surface area (Å²) in [6.45, 7) is 11.8. The molecule has 78 valence electrons. The molecule has 0 heterocycles. The molecule has 0 saturated carbocycles. The Bertz CT molecular complexity index is 384. The summed E-state index contributed by atoms with van der Waals surface area (Å²) in [6.07, 6.45) is 13.1. The highest BCUT2D eigenvalue weighted by atomic mass is 14.2. The van der Waals surface area contributed by atoms with Crippen LogP contribution in [0, 0.1) is 0 Å². The van der Waals surface area contributed by atoms with Crippen LogP contribution in [-0.4, -0.2) is 0 Å². The summed E-state index contributed by atoms with van der Waals surface area (Å²) in [7, 11) is 0. The number of rotatable bonds is 4. The van der Waals surface area contributed by atoms with Crippen molar-refractivity contribution in [2.24, 2.45) is 0 Å². The zero-order valence-electron chi connectivity index (χ0n) is 9.59. The van der Waals surface area contributed by atoms with E-state index in [-0.39, 0.29) is 0 Å². The first-order chi connectivity index (χ1) is 7.24. The average molecular weight is 198 g/mol. The van der Waals surface area contributed by atoms with Crippen LogP contribution >= 0.6 is 0 Å². The Labute approximate surface area is 92.7 Å². The van der Waals surface area contributed by atoms with E-state index in [1.807, 2.05) is 19.1 Å². The van der Waals surface area contributed by atoms with Gasteiger partial charge in [-0.1, -0.05) is 55.2 Å². The first-order valence-corrected chi connectivity index (χ1v) is 5.22. The van der Waals surface area contributed by atoms with E-state index in [4.69, 9.17) is 0 Å². The van der Waals surface area contributed by atoms with Gasteiger partial charge in [-0.25, -0.2) is 0 Å². The standard InChI is InChI=1S/C15H18/c1-5-8-10-15-13(7-3)11-12(4)14(15)9-6-2/h5-10H,1,3,11H2,2,4H3/b9-6-,10-8-. The van der Waals surface area contributed by atoms with Gasteiger partial charge in [0.05, 0.1) is 0 Å². The second-order valence-electron chi connectivity index (χ2n) is 3.61. The SMILES string of the molecule is C=C/C=C\C1=C(C=C)CC(C)=C1/C=C\C. The molecule has 0 aromatic carbocycles. The zero-order chi connectivity index (χ0) is 11.3. The third-order valence-electron chi connectivity index (χ3n) is 2.53. The normalized spacial score (nSPS) is 17.2. The Morgan fingerprint density at radius 2 is 1.87 bits per heavy atom. The molecule has 0 unspecified atom stereocenters. The molecular weight excluding hydrogens is 180 g/mol. The van der Waals surface area contributed by atoms with E-state index in [1.165, 1.54) is 22.3 Å². The van der Waals surface area contributed by atoms with Crippen LogP contribution in [0.25, 0.3) is 0 Å². The predicted octanol–water partition coefficient (Wildman–Crippen LogP) is 4.51. The maximum atomic E-state index is 3.86. The van der Waals surface area contributed by atoms with Crippen LogP contribution in [0.15, 0.2) is 71.9 Å². The summed E-state index contributed by atoms with van der Waals surface area (Å²) in [5, 5.41) is 0. The van der Waals surface area contributed by atoms with E-state index < -0.39 is 0 Å². The lowest BCUT2D eigenvalue weighted by atomic mass is 10.0. The zero-order valence-corrected chi connectivity index (χ0v) is 9.59. The topological polar surface area (TPSA) is 0 Å². The van der Waals surface area contributed by atoms with Crippen LogP contribution in [0.5, 0.6) is 0 Å². The van der Waals surface area contributed by atoms with Crippen LogP contribution in [-0.2, 0) is 0 Å². The van der Waals surface area contributed by atoms with Gasteiger partial charge in [0.2, 0.25) is 0 Å². The summed E-state index contributed by atoms with van der Waals surface area (Å²) in [4.78, 5) is 0. The number of hydrogen-bond acceptors (Lipinski definition) is 0. The van der Waals surface area contributed by atoms with Gasteiger partial charge >= 0.3 is 0 Å². The lowest BCUT2D eigenvalue weighted by molar-refractivity contribution is 1.19. The molecule has 0 N–H and O–H groups in total. The molecule has 0 atom stereocenters. The van der Waals surface area contributed by atoms with Crippen LogP contribution in [0.1, 0.15) is 20.3 Å². The van der Waals surface area contributed by atoms with Crippen molar-refractivity contribution in [3.05, 3.63) is 71.9 Å². The van der Waals surface area contributed by atoms with E-state index in [9.17, 15) is 0 Å². The Balaban J connectivity index is 3.16. The molecule has 0 amide bonds. The number of allylic oxidation sites excluding steroid dienone is 10.